The maximum atomic E-state index is 12.4. The number of piperidine rings is 1. The predicted octanol–water partition coefficient (Wildman–Crippen LogP) is 4.16. The molecule has 1 aliphatic rings. The van der Waals surface area contributed by atoms with Crippen LogP contribution in [0.15, 0.2) is 47.3 Å². The van der Waals surface area contributed by atoms with E-state index in [4.69, 9.17) is 27.6 Å². The zero-order valence-electron chi connectivity index (χ0n) is 16.2. The molecule has 1 aliphatic heterocycles. The van der Waals surface area contributed by atoms with Crippen LogP contribution in [0.5, 0.6) is 0 Å². The number of oxazole rings is 1. The summed E-state index contributed by atoms with van der Waals surface area (Å²) in [4.78, 5) is 27.4. The number of nitrogens with one attached hydrogen (secondary N) is 1. The van der Waals surface area contributed by atoms with Crippen molar-refractivity contribution in [1.29, 1.82) is 0 Å². The fraction of sp³-hybridized carbons (Fsp3) is 0.333. The normalized spacial score (nSPS) is 16.5. The third kappa shape index (κ3) is 5.09. The second-order valence-corrected chi connectivity index (χ2v) is 7.99. The van der Waals surface area contributed by atoms with Crippen molar-refractivity contribution in [2.24, 2.45) is 0 Å². The SMILES string of the molecule is O=C(CCc1ncc(-c2ccc(Cl)cc2Cl)o1)NC1CCCN(c2ncccn2)C1. The monoisotopic (exact) mass is 445 g/mol. The van der Waals surface area contributed by atoms with E-state index in [0.29, 0.717) is 47.0 Å². The molecule has 1 fully saturated rings. The van der Waals surface area contributed by atoms with Crippen molar-refractivity contribution < 1.29 is 9.21 Å². The van der Waals surface area contributed by atoms with Gasteiger partial charge in [-0.1, -0.05) is 23.2 Å². The maximum Gasteiger partial charge on any atom is 0.225 e. The molecule has 1 atom stereocenters. The van der Waals surface area contributed by atoms with Crippen molar-refractivity contribution in [3.63, 3.8) is 0 Å². The van der Waals surface area contributed by atoms with Crippen LogP contribution >= 0.6 is 23.2 Å². The lowest BCUT2D eigenvalue weighted by Crippen LogP contribution is -2.48. The first-order valence-corrected chi connectivity index (χ1v) is 10.6. The van der Waals surface area contributed by atoms with E-state index in [1.54, 1.807) is 42.9 Å². The molecule has 0 aliphatic carbocycles. The summed E-state index contributed by atoms with van der Waals surface area (Å²) in [5.41, 5.74) is 0.717. The molecule has 1 N–H and O–H groups in total. The Labute approximate surface area is 184 Å². The van der Waals surface area contributed by atoms with Gasteiger partial charge in [0.05, 0.1) is 11.2 Å². The molecule has 1 saturated heterocycles. The fourth-order valence-corrected chi connectivity index (χ4v) is 3.99. The van der Waals surface area contributed by atoms with Gasteiger partial charge in [0.25, 0.3) is 0 Å². The number of rotatable bonds is 6. The van der Waals surface area contributed by atoms with Crippen molar-refractivity contribution in [2.45, 2.75) is 31.7 Å². The van der Waals surface area contributed by atoms with Gasteiger partial charge in [-0.15, -0.1) is 0 Å². The number of halogens is 2. The molecule has 1 unspecified atom stereocenters. The average Bonchev–Trinajstić information content (AvgIpc) is 3.22. The third-order valence-corrected chi connectivity index (χ3v) is 5.49. The Morgan fingerprint density at radius 3 is 2.87 bits per heavy atom. The molecule has 3 heterocycles. The second-order valence-electron chi connectivity index (χ2n) is 7.14. The van der Waals surface area contributed by atoms with Crippen molar-refractivity contribution in [3.8, 4) is 11.3 Å². The van der Waals surface area contributed by atoms with Gasteiger partial charge >= 0.3 is 0 Å². The van der Waals surface area contributed by atoms with Crippen LogP contribution in [0.2, 0.25) is 10.0 Å². The quantitative estimate of drug-likeness (QED) is 0.613. The van der Waals surface area contributed by atoms with Crippen molar-refractivity contribution in [1.82, 2.24) is 20.3 Å². The Bertz CT molecular complexity index is 1010. The van der Waals surface area contributed by atoms with Crippen LogP contribution in [0.1, 0.15) is 25.2 Å². The highest BCUT2D eigenvalue weighted by molar-refractivity contribution is 6.36. The van der Waals surface area contributed by atoms with Gasteiger partial charge in [-0.2, -0.15) is 0 Å². The van der Waals surface area contributed by atoms with Gasteiger partial charge in [0, 0.05) is 55.0 Å². The number of benzene rings is 1. The summed E-state index contributed by atoms with van der Waals surface area (Å²) in [6.45, 7) is 1.59. The van der Waals surface area contributed by atoms with E-state index in [-0.39, 0.29) is 11.9 Å². The first-order chi connectivity index (χ1) is 14.6. The lowest BCUT2D eigenvalue weighted by Gasteiger charge is -2.33. The Balaban J connectivity index is 1.29. The lowest BCUT2D eigenvalue weighted by atomic mass is 10.1. The number of amides is 1. The van der Waals surface area contributed by atoms with E-state index >= 15 is 0 Å². The highest BCUT2D eigenvalue weighted by Gasteiger charge is 2.23. The molecule has 0 saturated carbocycles. The molecule has 156 valence electrons. The van der Waals surface area contributed by atoms with Gasteiger partial charge in [-0.25, -0.2) is 15.0 Å². The molecule has 1 aromatic carbocycles. The molecule has 0 bridgehead atoms. The molecule has 9 heteroatoms. The lowest BCUT2D eigenvalue weighted by molar-refractivity contribution is -0.121. The minimum Gasteiger partial charge on any atom is -0.441 e. The first kappa shape index (κ1) is 20.6. The van der Waals surface area contributed by atoms with Crippen LogP contribution in [-0.2, 0) is 11.2 Å². The Hall–Kier alpha value is -2.64. The summed E-state index contributed by atoms with van der Waals surface area (Å²) in [6.07, 6.45) is 7.70. The van der Waals surface area contributed by atoms with Crippen molar-refractivity contribution >= 4 is 35.1 Å². The fourth-order valence-electron chi connectivity index (χ4n) is 3.49. The average molecular weight is 446 g/mol. The second kappa shape index (κ2) is 9.45. The number of carbonyl (C=O) groups is 1. The van der Waals surface area contributed by atoms with Crippen LogP contribution in [0.3, 0.4) is 0 Å². The highest BCUT2D eigenvalue weighted by Crippen LogP contribution is 2.30. The molecule has 30 heavy (non-hydrogen) atoms. The first-order valence-electron chi connectivity index (χ1n) is 9.80. The molecule has 2 aromatic heterocycles. The number of nitrogens with zero attached hydrogens (tertiary/aromatic N) is 4. The number of aromatic nitrogens is 3. The summed E-state index contributed by atoms with van der Waals surface area (Å²) >= 11 is 12.1. The highest BCUT2D eigenvalue weighted by atomic mass is 35.5. The van der Waals surface area contributed by atoms with Crippen molar-refractivity contribution in [3.05, 3.63) is 58.8 Å². The number of carbonyl (C=O) groups excluding carboxylic acids is 1. The van der Waals surface area contributed by atoms with Gasteiger partial charge in [0.15, 0.2) is 11.7 Å². The van der Waals surface area contributed by atoms with Gasteiger partial charge in [-0.05, 0) is 37.1 Å². The Kier molecular flexibility index (Phi) is 6.50. The zero-order valence-corrected chi connectivity index (χ0v) is 17.7. The Morgan fingerprint density at radius 2 is 2.07 bits per heavy atom. The minimum absolute atomic E-state index is 0.0277. The van der Waals surface area contributed by atoms with Gasteiger partial charge in [0.1, 0.15) is 0 Å². The minimum atomic E-state index is -0.0277. The molecular formula is C21H21Cl2N5O2. The summed E-state index contributed by atoms with van der Waals surface area (Å²) < 4.78 is 5.76. The topological polar surface area (TPSA) is 84.2 Å². The van der Waals surface area contributed by atoms with E-state index in [9.17, 15) is 4.79 Å². The summed E-state index contributed by atoms with van der Waals surface area (Å²) in [6, 6.07) is 7.05. The smallest absolute Gasteiger partial charge is 0.225 e. The van der Waals surface area contributed by atoms with Crippen LogP contribution in [0.25, 0.3) is 11.3 Å². The third-order valence-electron chi connectivity index (χ3n) is 4.94. The van der Waals surface area contributed by atoms with Crippen LogP contribution < -0.4 is 10.2 Å². The molecule has 1 amide bonds. The molecule has 7 nitrogen and oxygen atoms in total. The molecule has 0 radical (unpaired) electrons. The van der Waals surface area contributed by atoms with Crippen molar-refractivity contribution in [2.75, 3.05) is 18.0 Å². The van der Waals surface area contributed by atoms with E-state index < -0.39 is 0 Å². The summed E-state index contributed by atoms with van der Waals surface area (Å²) in [5.74, 6) is 1.72. The van der Waals surface area contributed by atoms with E-state index in [2.05, 4.69) is 25.2 Å². The molecule has 4 rings (SSSR count). The number of anilines is 1. The maximum absolute atomic E-state index is 12.4. The van der Waals surface area contributed by atoms with Crippen LogP contribution in [0.4, 0.5) is 5.95 Å². The van der Waals surface area contributed by atoms with Crippen LogP contribution in [0, 0.1) is 0 Å². The summed E-state index contributed by atoms with van der Waals surface area (Å²) in [5, 5.41) is 4.15. The van der Waals surface area contributed by atoms with E-state index in [1.165, 1.54) is 0 Å². The summed E-state index contributed by atoms with van der Waals surface area (Å²) in [7, 11) is 0. The van der Waals surface area contributed by atoms with Gasteiger partial charge < -0.3 is 14.6 Å². The number of hydrogen-bond acceptors (Lipinski definition) is 6. The number of hydrogen-bond donors (Lipinski definition) is 1. The van der Waals surface area contributed by atoms with E-state index in [1.807, 2.05) is 0 Å². The van der Waals surface area contributed by atoms with Crippen LogP contribution in [-0.4, -0.2) is 40.0 Å². The number of aryl methyl sites for hydroxylation is 1. The molecule has 0 spiro atoms. The zero-order chi connectivity index (χ0) is 20.9. The van der Waals surface area contributed by atoms with Gasteiger partial charge in [0.2, 0.25) is 11.9 Å². The Morgan fingerprint density at radius 1 is 1.23 bits per heavy atom. The van der Waals surface area contributed by atoms with Gasteiger partial charge in [-0.3, -0.25) is 4.79 Å². The predicted molar refractivity (Wildman–Crippen MR) is 116 cm³/mol. The van der Waals surface area contributed by atoms with E-state index in [0.717, 1.165) is 24.9 Å². The molecule has 3 aromatic rings. The largest absolute Gasteiger partial charge is 0.441 e. The standard InChI is InChI=1S/C21H21Cl2N5O2/c22-14-4-5-16(17(23)11-14)18-12-26-20(30-18)7-6-19(29)27-15-3-1-10-28(13-15)21-24-8-2-9-25-21/h2,4-5,8-9,11-12,15H,1,3,6-7,10,13H2,(H,27,29). The molecular weight excluding hydrogens is 425 g/mol.